The van der Waals surface area contributed by atoms with Crippen molar-refractivity contribution in [3.63, 3.8) is 0 Å². The number of carbonyl (C=O) groups excluding carboxylic acids is 1. The highest BCUT2D eigenvalue weighted by Crippen LogP contribution is 2.42. The zero-order valence-electron chi connectivity index (χ0n) is 15.2. The molecule has 3 rings (SSSR count). The zero-order valence-corrected chi connectivity index (χ0v) is 15.2. The summed E-state index contributed by atoms with van der Waals surface area (Å²) in [5.41, 5.74) is -0.727. The highest BCUT2D eigenvalue weighted by atomic mass is 19.3. The molecule has 2 aromatic carbocycles. The largest absolute Gasteiger partial charge is 0.346 e. The minimum Gasteiger partial charge on any atom is -0.346 e. The molecule has 0 radical (unpaired) electrons. The van der Waals surface area contributed by atoms with Gasteiger partial charge >= 0.3 is 0 Å². The van der Waals surface area contributed by atoms with Gasteiger partial charge in [-0.2, -0.15) is 0 Å². The summed E-state index contributed by atoms with van der Waals surface area (Å²) in [5.74, 6) is -4.98. The van der Waals surface area contributed by atoms with Crippen LogP contribution in [0.2, 0.25) is 0 Å². The van der Waals surface area contributed by atoms with Crippen LogP contribution in [0, 0.1) is 11.2 Å². The van der Waals surface area contributed by atoms with E-state index in [1.165, 1.54) is 43.4 Å². The van der Waals surface area contributed by atoms with Crippen LogP contribution in [-0.4, -0.2) is 23.8 Å². The summed E-state index contributed by atoms with van der Waals surface area (Å²) >= 11 is 0. The summed E-state index contributed by atoms with van der Waals surface area (Å²) in [6.07, 6.45) is 0. The molecule has 2 aromatic rings. The standard InChI is InChI=1S/C20H20F3N3O/c1-19(14-6-4-5-7-15(14)21)16(17(27)26(3)18(24)25-19)12-8-10-13(11-9-12)20(2,22)23/h4-11,16H,1-3H3,(H2,24,25)/t16-,19+/m0/s1. The molecule has 1 amide bonds. The fourth-order valence-electron chi connectivity index (χ4n) is 3.50. The van der Waals surface area contributed by atoms with Crippen molar-refractivity contribution in [3.05, 3.63) is 71.0 Å². The van der Waals surface area contributed by atoms with Gasteiger partial charge in [0.1, 0.15) is 5.82 Å². The number of halogens is 3. The van der Waals surface area contributed by atoms with Crippen molar-refractivity contribution < 1.29 is 18.0 Å². The Morgan fingerprint density at radius 2 is 1.74 bits per heavy atom. The van der Waals surface area contributed by atoms with Crippen molar-refractivity contribution in [1.82, 2.24) is 10.2 Å². The van der Waals surface area contributed by atoms with E-state index in [0.29, 0.717) is 5.56 Å². The predicted octanol–water partition coefficient (Wildman–Crippen LogP) is 3.93. The highest BCUT2D eigenvalue weighted by molar-refractivity contribution is 6.02. The van der Waals surface area contributed by atoms with Crippen molar-refractivity contribution in [2.24, 2.45) is 0 Å². The van der Waals surface area contributed by atoms with Gasteiger partial charge in [-0.05, 0) is 18.6 Å². The Hall–Kier alpha value is -2.83. The lowest BCUT2D eigenvalue weighted by Gasteiger charge is -2.46. The monoisotopic (exact) mass is 375 g/mol. The molecule has 0 unspecified atom stereocenters. The lowest BCUT2D eigenvalue weighted by atomic mass is 9.73. The molecule has 142 valence electrons. The van der Waals surface area contributed by atoms with Gasteiger partial charge < -0.3 is 5.32 Å². The van der Waals surface area contributed by atoms with Crippen molar-refractivity contribution in [3.8, 4) is 0 Å². The number of nitrogens with one attached hydrogen (secondary N) is 2. The van der Waals surface area contributed by atoms with Crippen LogP contribution in [0.25, 0.3) is 0 Å². The molecule has 0 spiro atoms. The summed E-state index contributed by atoms with van der Waals surface area (Å²) in [6, 6.07) is 11.5. The van der Waals surface area contributed by atoms with Crippen molar-refractivity contribution >= 4 is 11.9 Å². The second kappa shape index (κ2) is 6.40. The van der Waals surface area contributed by atoms with Crippen LogP contribution in [0.4, 0.5) is 13.2 Å². The van der Waals surface area contributed by atoms with E-state index in [4.69, 9.17) is 5.41 Å². The first-order chi connectivity index (χ1) is 12.6. The summed E-state index contributed by atoms with van der Waals surface area (Å²) in [6.45, 7) is 2.44. The Morgan fingerprint density at radius 3 is 2.30 bits per heavy atom. The van der Waals surface area contributed by atoms with Gasteiger partial charge in [-0.25, -0.2) is 13.2 Å². The SMILES string of the molecule is CN1C(=N)N[C@](C)(c2ccccc2F)[C@@H](c2ccc(C(C)(F)F)cc2)C1=O. The van der Waals surface area contributed by atoms with Crippen molar-refractivity contribution in [2.45, 2.75) is 31.2 Å². The smallest absolute Gasteiger partial charge is 0.270 e. The van der Waals surface area contributed by atoms with Gasteiger partial charge in [0, 0.05) is 25.1 Å². The van der Waals surface area contributed by atoms with E-state index in [1.54, 1.807) is 19.1 Å². The Labute approximate surface area is 155 Å². The second-order valence-corrected chi connectivity index (χ2v) is 7.00. The number of likely N-dealkylation sites (N-methyl/N-ethyl adjacent to an activating group) is 1. The lowest BCUT2D eigenvalue weighted by molar-refractivity contribution is -0.131. The van der Waals surface area contributed by atoms with Crippen LogP contribution < -0.4 is 5.32 Å². The van der Waals surface area contributed by atoms with E-state index in [-0.39, 0.29) is 17.1 Å². The lowest BCUT2D eigenvalue weighted by Crippen LogP contribution is -2.62. The summed E-state index contributed by atoms with van der Waals surface area (Å²) in [4.78, 5) is 14.1. The van der Waals surface area contributed by atoms with Crippen LogP contribution >= 0.6 is 0 Å². The Kier molecular flexibility index (Phi) is 4.49. The fraction of sp³-hybridized carbons (Fsp3) is 0.300. The van der Waals surface area contributed by atoms with E-state index in [0.717, 1.165) is 11.8 Å². The first kappa shape index (κ1) is 18.9. The maximum absolute atomic E-state index is 14.5. The number of nitrogens with zero attached hydrogens (tertiary/aromatic N) is 1. The molecule has 27 heavy (non-hydrogen) atoms. The van der Waals surface area contributed by atoms with Gasteiger partial charge in [0.05, 0.1) is 11.5 Å². The molecule has 1 aliphatic heterocycles. The number of benzene rings is 2. The van der Waals surface area contributed by atoms with Gasteiger partial charge in [0.2, 0.25) is 5.91 Å². The first-order valence-electron chi connectivity index (χ1n) is 8.43. The van der Waals surface area contributed by atoms with Gasteiger partial charge in [0.25, 0.3) is 5.92 Å². The molecule has 4 nitrogen and oxygen atoms in total. The van der Waals surface area contributed by atoms with Crippen LogP contribution in [0.1, 0.15) is 36.5 Å². The number of guanidine groups is 1. The molecular weight excluding hydrogens is 355 g/mol. The molecule has 1 fully saturated rings. The van der Waals surface area contributed by atoms with E-state index >= 15 is 0 Å². The maximum atomic E-state index is 14.5. The normalized spacial score (nSPS) is 23.3. The molecule has 2 atom stereocenters. The number of amides is 1. The van der Waals surface area contributed by atoms with Crippen LogP contribution in [0.15, 0.2) is 48.5 Å². The van der Waals surface area contributed by atoms with Gasteiger partial charge in [-0.1, -0.05) is 42.5 Å². The van der Waals surface area contributed by atoms with E-state index in [1.807, 2.05) is 0 Å². The summed E-state index contributed by atoms with van der Waals surface area (Å²) < 4.78 is 41.6. The molecule has 0 aromatic heterocycles. The topological polar surface area (TPSA) is 56.2 Å². The molecule has 0 aliphatic carbocycles. The van der Waals surface area contributed by atoms with Crippen LogP contribution in [-0.2, 0) is 16.3 Å². The Bertz CT molecular complexity index is 892. The Morgan fingerprint density at radius 1 is 1.15 bits per heavy atom. The molecule has 0 saturated carbocycles. The molecular formula is C20H20F3N3O. The number of hydrogen-bond donors (Lipinski definition) is 2. The summed E-state index contributed by atoms with van der Waals surface area (Å²) in [7, 11) is 1.44. The first-order valence-corrected chi connectivity index (χ1v) is 8.43. The molecule has 7 heteroatoms. The quantitative estimate of drug-likeness (QED) is 0.854. The van der Waals surface area contributed by atoms with Gasteiger partial charge in [-0.3, -0.25) is 15.1 Å². The van der Waals surface area contributed by atoms with Crippen molar-refractivity contribution in [1.29, 1.82) is 5.41 Å². The molecule has 0 bridgehead atoms. The summed E-state index contributed by atoms with van der Waals surface area (Å²) in [5, 5.41) is 11.0. The maximum Gasteiger partial charge on any atom is 0.270 e. The molecule has 1 heterocycles. The third kappa shape index (κ3) is 3.18. The zero-order chi connectivity index (χ0) is 20.0. The van der Waals surface area contributed by atoms with Crippen LogP contribution in [0.5, 0.6) is 0 Å². The average molecular weight is 375 g/mol. The number of alkyl halides is 2. The molecule has 1 aliphatic rings. The third-order valence-electron chi connectivity index (χ3n) is 5.05. The predicted molar refractivity (Wildman–Crippen MR) is 96.1 cm³/mol. The number of carbonyl (C=O) groups is 1. The molecule has 2 N–H and O–H groups in total. The average Bonchev–Trinajstić information content (AvgIpc) is 2.60. The number of hydrogen-bond acceptors (Lipinski definition) is 2. The van der Waals surface area contributed by atoms with E-state index < -0.39 is 29.1 Å². The van der Waals surface area contributed by atoms with Crippen LogP contribution in [0.3, 0.4) is 0 Å². The fourth-order valence-corrected chi connectivity index (χ4v) is 3.50. The van der Waals surface area contributed by atoms with Gasteiger partial charge in [0.15, 0.2) is 5.96 Å². The Balaban J connectivity index is 2.15. The minimum absolute atomic E-state index is 0.154. The third-order valence-corrected chi connectivity index (χ3v) is 5.05. The van der Waals surface area contributed by atoms with E-state index in [9.17, 15) is 18.0 Å². The highest BCUT2D eigenvalue weighted by Gasteiger charge is 2.49. The second-order valence-electron chi connectivity index (χ2n) is 7.00. The minimum atomic E-state index is -3.00. The van der Waals surface area contributed by atoms with Crippen molar-refractivity contribution in [2.75, 3.05) is 7.05 Å². The van der Waals surface area contributed by atoms with E-state index in [2.05, 4.69) is 5.32 Å². The number of rotatable bonds is 3. The van der Waals surface area contributed by atoms with Gasteiger partial charge in [-0.15, -0.1) is 0 Å². The molecule has 1 saturated heterocycles.